The lowest BCUT2D eigenvalue weighted by molar-refractivity contribution is 0.211. The van der Waals surface area contributed by atoms with Crippen molar-refractivity contribution in [3.8, 4) is 17.1 Å². The van der Waals surface area contributed by atoms with Crippen molar-refractivity contribution in [1.82, 2.24) is 24.4 Å². The van der Waals surface area contributed by atoms with E-state index in [0.717, 1.165) is 48.3 Å². The summed E-state index contributed by atoms with van der Waals surface area (Å²) in [4.78, 5) is 25.9. The van der Waals surface area contributed by atoms with Crippen LogP contribution in [0.1, 0.15) is 13.8 Å². The summed E-state index contributed by atoms with van der Waals surface area (Å²) in [5.74, 6) is 1.01. The zero-order valence-electron chi connectivity index (χ0n) is 16.6. The standard InChI is InChI=1S/C21H24N6O2/c1-3-26(4-2)10-11-27-13-23-16-12-14(8-9-17(16)27)20-24-15-6-5-7-18(19(15)25-20)29-21(22)28/h5-9,12-13H,3-4,10-11H2,1-2H3,(H2,22,28)(H,24,25). The Morgan fingerprint density at radius 1 is 1.24 bits per heavy atom. The van der Waals surface area contributed by atoms with Crippen molar-refractivity contribution in [2.45, 2.75) is 20.4 Å². The van der Waals surface area contributed by atoms with Gasteiger partial charge < -0.3 is 24.9 Å². The van der Waals surface area contributed by atoms with Crippen molar-refractivity contribution in [2.24, 2.45) is 5.73 Å². The van der Waals surface area contributed by atoms with Gasteiger partial charge in [0.25, 0.3) is 0 Å². The molecule has 8 heteroatoms. The van der Waals surface area contributed by atoms with E-state index in [1.54, 1.807) is 12.1 Å². The molecule has 4 rings (SSSR count). The van der Waals surface area contributed by atoms with Gasteiger partial charge in [-0.2, -0.15) is 0 Å². The fourth-order valence-corrected chi connectivity index (χ4v) is 3.51. The highest BCUT2D eigenvalue weighted by atomic mass is 16.5. The largest absolute Gasteiger partial charge is 0.410 e. The number of aromatic amines is 1. The fraction of sp³-hybridized carbons (Fsp3) is 0.286. The maximum Gasteiger partial charge on any atom is 0.410 e. The van der Waals surface area contributed by atoms with Gasteiger partial charge in [-0.05, 0) is 43.4 Å². The molecule has 4 aromatic rings. The molecule has 8 nitrogen and oxygen atoms in total. The van der Waals surface area contributed by atoms with Crippen LogP contribution >= 0.6 is 0 Å². The smallest absolute Gasteiger partial charge is 0.408 e. The summed E-state index contributed by atoms with van der Waals surface area (Å²) in [5, 5.41) is 0. The lowest BCUT2D eigenvalue weighted by Crippen LogP contribution is -2.26. The summed E-state index contributed by atoms with van der Waals surface area (Å²) in [6, 6.07) is 11.4. The van der Waals surface area contributed by atoms with Crippen LogP contribution in [-0.4, -0.2) is 50.1 Å². The molecule has 150 valence electrons. The number of ether oxygens (including phenoxy) is 1. The van der Waals surface area contributed by atoms with E-state index >= 15 is 0 Å². The number of nitrogens with one attached hydrogen (secondary N) is 1. The number of likely N-dealkylation sites (N-methyl/N-ethyl adjacent to an activating group) is 1. The van der Waals surface area contributed by atoms with Crippen LogP contribution in [0.2, 0.25) is 0 Å². The van der Waals surface area contributed by atoms with Crippen LogP contribution in [0.4, 0.5) is 4.79 Å². The Hall–Kier alpha value is -3.39. The van der Waals surface area contributed by atoms with E-state index in [2.05, 4.69) is 44.3 Å². The van der Waals surface area contributed by atoms with E-state index in [9.17, 15) is 4.79 Å². The molecule has 0 fully saturated rings. The molecule has 0 spiro atoms. The van der Waals surface area contributed by atoms with Crippen molar-refractivity contribution in [1.29, 1.82) is 0 Å². The Balaban J connectivity index is 1.64. The van der Waals surface area contributed by atoms with Gasteiger partial charge in [0.2, 0.25) is 0 Å². The van der Waals surface area contributed by atoms with Crippen LogP contribution in [-0.2, 0) is 6.54 Å². The quantitative estimate of drug-likeness (QED) is 0.502. The molecule has 0 saturated heterocycles. The van der Waals surface area contributed by atoms with E-state index in [-0.39, 0.29) is 0 Å². The van der Waals surface area contributed by atoms with Crippen molar-refractivity contribution in [3.63, 3.8) is 0 Å². The number of hydrogen-bond donors (Lipinski definition) is 2. The van der Waals surface area contributed by atoms with Crippen LogP contribution in [0.15, 0.2) is 42.7 Å². The van der Waals surface area contributed by atoms with Gasteiger partial charge >= 0.3 is 6.09 Å². The molecule has 0 radical (unpaired) electrons. The highest BCUT2D eigenvalue weighted by molar-refractivity contribution is 5.88. The third-order valence-corrected chi connectivity index (χ3v) is 5.13. The first-order valence-corrected chi connectivity index (χ1v) is 9.72. The zero-order chi connectivity index (χ0) is 20.4. The minimum atomic E-state index is -0.862. The Kier molecular flexibility index (Phi) is 5.18. The number of amides is 1. The second-order valence-corrected chi connectivity index (χ2v) is 6.83. The maximum atomic E-state index is 11.1. The maximum absolute atomic E-state index is 11.1. The summed E-state index contributed by atoms with van der Waals surface area (Å²) in [6.45, 7) is 8.33. The fourth-order valence-electron chi connectivity index (χ4n) is 3.51. The summed E-state index contributed by atoms with van der Waals surface area (Å²) < 4.78 is 7.23. The lowest BCUT2D eigenvalue weighted by atomic mass is 10.2. The van der Waals surface area contributed by atoms with E-state index in [1.165, 1.54) is 0 Å². The Labute approximate surface area is 168 Å². The molecule has 0 atom stereocenters. The molecule has 2 aromatic carbocycles. The van der Waals surface area contributed by atoms with Gasteiger partial charge in [-0.25, -0.2) is 14.8 Å². The minimum absolute atomic E-state index is 0.333. The number of imidazole rings is 2. The number of hydrogen-bond acceptors (Lipinski definition) is 5. The van der Waals surface area contributed by atoms with E-state index in [0.29, 0.717) is 17.1 Å². The van der Waals surface area contributed by atoms with Gasteiger partial charge in [0.05, 0.1) is 22.9 Å². The van der Waals surface area contributed by atoms with Gasteiger partial charge in [0.15, 0.2) is 5.75 Å². The summed E-state index contributed by atoms with van der Waals surface area (Å²) in [5.41, 5.74) is 9.39. The topological polar surface area (TPSA) is 102 Å². The summed E-state index contributed by atoms with van der Waals surface area (Å²) >= 11 is 0. The summed E-state index contributed by atoms with van der Waals surface area (Å²) in [7, 11) is 0. The highest BCUT2D eigenvalue weighted by Crippen LogP contribution is 2.28. The average molecular weight is 392 g/mol. The molecule has 0 aliphatic heterocycles. The van der Waals surface area contributed by atoms with Crippen LogP contribution in [0.3, 0.4) is 0 Å². The molecular formula is C21H24N6O2. The van der Waals surface area contributed by atoms with Crippen LogP contribution in [0, 0.1) is 0 Å². The molecule has 0 bridgehead atoms. The van der Waals surface area contributed by atoms with Crippen molar-refractivity contribution < 1.29 is 9.53 Å². The van der Waals surface area contributed by atoms with E-state index in [1.807, 2.05) is 24.5 Å². The molecule has 0 aliphatic rings. The predicted molar refractivity (Wildman–Crippen MR) is 113 cm³/mol. The number of primary amides is 1. The number of aromatic nitrogens is 4. The molecule has 2 aromatic heterocycles. The van der Waals surface area contributed by atoms with Gasteiger partial charge in [-0.1, -0.05) is 19.9 Å². The number of nitrogens with zero attached hydrogens (tertiary/aromatic N) is 4. The summed E-state index contributed by atoms with van der Waals surface area (Å²) in [6.07, 6.45) is 1.02. The van der Waals surface area contributed by atoms with Gasteiger partial charge in [0.1, 0.15) is 11.3 Å². The molecule has 0 saturated carbocycles. The number of para-hydroxylation sites is 1. The Morgan fingerprint density at radius 3 is 2.83 bits per heavy atom. The number of nitrogens with two attached hydrogens (primary N) is 1. The Bertz CT molecular complexity index is 1160. The molecule has 3 N–H and O–H groups in total. The van der Waals surface area contributed by atoms with Gasteiger partial charge in [0, 0.05) is 18.7 Å². The van der Waals surface area contributed by atoms with Gasteiger partial charge in [-0.3, -0.25) is 0 Å². The third-order valence-electron chi connectivity index (χ3n) is 5.13. The number of carbonyl (C=O) groups excluding carboxylic acids is 1. The SMILES string of the molecule is CCN(CC)CCn1cnc2cc(-c3nc4c(OC(N)=O)cccc4[nH]3)ccc21. The van der Waals surface area contributed by atoms with E-state index < -0.39 is 6.09 Å². The zero-order valence-corrected chi connectivity index (χ0v) is 16.6. The highest BCUT2D eigenvalue weighted by Gasteiger charge is 2.13. The number of fused-ring (bicyclic) bond motifs is 2. The molecule has 0 unspecified atom stereocenters. The van der Waals surface area contributed by atoms with Crippen LogP contribution < -0.4 is 10.5 Å². The monoisotopic (exact) mass is 392 g/mol. The number of rotatable bonds is 7. The van der Waals surface area contributed by atoms with Crippen molar-refractivity contribution in [2.75, 3.05) is 19.6 Å². The minimum Gasteiger partial charge on any atom is -0.408 e. The van der Waals surface area contributed by atoms with Crippen LogP contribution in [0.5, 0.6) is 5.75 Å². The second kappa shape index (κ2) is 7.92. The first-order chi connectivity index (χ1) is 14.1. The average Bonchev–Trinajstić information content (AvgIpc) is 3.33. The van der Waals surface area contributed by atoms with E-state index in [4.69, 9.17) is 10.5 Å². The molecule has 0 aliphatic carbocycles. The molecule has 1 amide bonds. The lowest BCUT2D eigenvalue weighted by Gasteiger charge is -2.18. The first-order valence-electron chi connectivity index (χ1n) is 9.72. The van der Waals surface area contributed by atoms with Gasteiger partial charge in [-0.15, -0.1) is 0 Å². The van der Waals surface area contributed by atoms with Crippen molar-refractivity contribution >= 4 is 28.2 Å². The third kappa shape index (κ3) is 3.79. The second-order valence-electron chi connectivity index (χ2n) is 6.83. The van der Waals surface area contributed by atoms with Crippen molar-refractivity contribution in [3.05, 3.63) is 42.7 Å². The predicted octanol–water partition coefficient (Wildman–Crippen LogP) is 3.38. The van der Waals surface area contributed by atoms with Crippen LogP contribution in [0.25, 0.3) is 33.5 Å². The normalized spacial score (nSPS) is 11.6. The number of carbonyl (C=O) groups is 1. The number of H-pyrrole nitrogens is 1. The number of benzene rings is 2. The Morgan fingerprint density at radius 2 is 2.07 bits per heavy atom. The molecule has 29 heavy (non-hydrogen) atoms. The first kappa shape index (κ1) is 18.9. The molecule has 2 heterocycles. The molecular weight excluding hydrogens is 368 g/mol.